The molecular weight excluding hydrogens is 398 g/mol. The van der Waals surface area contributed by atoms with Crippen molar-refractivity contribution < 1.29 is 9.53 Å². The SMILES string of the molecule is COC(=O)c1ccc(C2(Nc3nccc4c3N(Cc3cccc(C)c3)CCC4)CC2)cc1. The number of aromatic nitrogens is 1. The Balaban J connectivity index is 1.43. The predicted octanol–water partition coefficient (Wildman–Crippen LogP) is 5.23. The van der Waals surface area contributed by atoms with Crippen LogP contribution in [0.2, 0.25) is 0 Å². The number of carbonyl (C=O) groups is 1. The molecule has 1 saturated carbocycles. The maximum atomic E-state index is 11.8. The van der Waals surface area contributed by atoms with Crippen LogP contribution < -0.4 is 10.2 Å². The summed E-state index contributed by atoms with van der Waals surface area (Å²) in [5.74, 6) is 0.657. The lowest BCUT2D eigenvalue weighted by atomic mass is 10.00. The molecule has 1 aliphatic heterocycles. The number of benzene rings is 2. The van der Waals surface area contributed by atoms with E-state index in [-0.39, 0.29) is 11.5 Å². The molecule has 0 spiro atoms. The number of anilines is 2. The molecule has 0 amide bonds. The Morgan fingerprint density at radius 2 is 1.97 bits per heavy atom. The van der Waals surface area contributed by atoms with Crippen LogP contribution in [0.4, 0.5) is 11.5 Å². The standard InChI is InChI=1S/C27H29N3O2/c1-19-5-3-6-20(17-19)18-30-16-4-7-21-12-15-28-25(24(21)30)29-27(13-14-27)23-10-8-22(9-11-23)26(31)32-2/h3,5-6,8-12,15,17H,4,7,13-14,16,18H2,1-2H3,(H,28,29). The summed E-state index contributed by atoms with van der Waals surface area (Å²) in [4.78, 5) is 19.1. The van der Waals surface area contributed by atoms with E-state index in [4.69, 9.17) is 9.72 Å². The summed E-state index contributed by atoms with van der Waals surface area (Å²) in [7, 11) is 1.41. The third kappa shape index (κ3) is 3.95. The van der Waals surface area contributed by atoms with Gasteiger partial charge in [0.15, 0.2) is 5.82 Å². The van der Waals surface area contributed by atoms with E-state index in [9.17, 15) is 4.79 Å². The molecule has 5 heteroatoms. The highest BCUT2D eigenvalue weighted by molar-refractivity contribution is 5.89. The second-order valence-corrected chi connectivity index (χ2v) is 8.96. The lowest BCUT2D eigenvalue weighted by Crippen LogP contribution is -2.31. The van der Waals surface area contributed by atoms with Gasteiger partial charge in [0.05, 0.1) is 23.9 Å². The average Bonchev–Trinajstić information content (AvgIpc) is 3.59. The van der Waals surface area contributed by atoms with E-state index in [0.29, 0.717) is 5.56 Å². The maximum absolute atomic E-state index is 11.8. The van der Waals surface area contributed by atoms with Gasteiger partial charge in [0.25, 0.3) is 0 Å². The van der Waals surface area contributed by atoms with Gasteiger partial charge in [-0.1, -0.05) is 42.0 Å². The van der Waals surface area contributed by atoms with Crippen molar-refractivity contribution in [2.45, 2.75) is 44.7 Å². The Morgan fingerprint density at radius 3 is 2.69 bits per heavy atom. The van der Waals surface area contributed by atoms with Crippen LogP contribution in [0.15, 0.2) is 60.8 Å². The molecule has 1 aliphatic carbocycles. The third-order valence-electron chi connectivity index (χ3n) is 6.62. The van der Waals surface area contributed by atoms with Crippen molar-refractivity contribution in [3.8, 4) is 0 Å². The maximum Gasteiger partial charge on any atom is 0.337 e. The van der Waals surface area contributed by atoms with Crippen LogP contribution in [0.25, 0.3) is 0 Å². The van der Waals surface area contributed by atoms with E-state index in [1.807, 2.05) is 30.5 Å². The molecular formula is C27H29N3O2. The monoisotopic (exact) mass is 427 g/mol. The number of hydrogen-bond donors (Lipinski definition) is 1. The molecule has 1 aromatic heterocycles. The first-order valence-electron chi connectivity index (χ1n) is 11.3. The van der Waals surface area contributed by atoms with Gasteiger partial charge in [-0.15, -0.1) is 0 Å². The normalized spacial score (nSPS) is 16.2. The van der Waals surface area contributed by atoms with Crippen molar-refractivity contribution in [1.29, 1.82) is 0 Å². The summed E-state index contributed by atoms with van der Waals surface area (Å²) in [6.45, 7) is 4.06. The van der Waals surface area contributed by atoms with Crippen LogP contribution in [-0.2, 0) is 23.2 Å². The Morgan fingerprint density at radius 1 is 1.16 bits per heavy atom. The lowest BCUT2D eigenvalue weighted by molar-refractivity contribution is 0.0600. The van der Waals surface area contributed by atoms with E-state index < -0.39 is 0 Å². The molecule has 0 unspecified atom stereocenters. The third-order valence-corrected chi connectivity index (χ3v) is 6.62. The Hall–Kier alpha value is -3.34. The zero-order valence-electron chi connectivity index (χ0n) is 18.7. The molecule has 3 aromatic rings. The average molecular weight is 428 g/mol. The highest BCUT2D eigenvalue weighted by Gasteiger charge is 2.45. The zero-order chi connectivity index (χ0) is 22.1. The van der Waals surface area contributed by atoms with Crippen molar-refractivity contribution in [2.24, 2.45) is 0 Å². The number of methoxy groups -OCH3 is 1. The van der Waals surface area contributed by atoms with E-state index in [1.54, 1.807) is 0 Å². The summed E-state index contributed by atoms with van der Waals surface area (Å²) in [6.07, 6.45) is 6.26. The van der Waals surface area contributed by atoms with E-state index in [2.05, 4.69) is 47.5 Å². The van der Waals surface area contributed by atoms with Crippen LogP contribution in [0.3, 0.4) is 0 Å². The molecule has 5 nitrogen and oxygen atoms in total. The fourth-order valence-electron chi connectivity index (χ4n) is 4.78. The summed E-state index contributed by atoms with van der Waals surface area (Å²) >= 11 is 0. The first-order chi connectivity index (χ1) is 15.6. The molecule has 0 atom stereocenters. The van der Waals surface area contributed by atoms with E-state index in [0.717, 1.165) is 44.6 Å². The minimum absolute atomic E-state index is 0.122. The molecule has 32 heavy (non-hydrogen) atoms. The molecule has 5 rings (SSSR count). The topological polar surface area (TPSA) is 54.5 Å². The number of pyridine rings is 1. The fraction of sp³-hybridized carbons (Fsp3) is 0.333. The van der Waals surface area contributed by atoms with Crippen LogP contribution in [0, 0.1) is 6.92 Å². The lowest BCUT2D eigenvalue weighted by Gasteiger charge is -2.34. The summed E-state index contributed by atoms with van der Waals surface area (Å²) in [5, 5.41) is 3.79. The highest BCUT2D eigenvalue weighted by Crippen LogP contribution is 2.50. The Labute approximate surface area is 189 Å². The summed E-state index contributed by atoms with van der Waals surface area (Å²) in [5.41, 5.74) is 6.85. The summed E-state index contributed by atoms with van der Waals surface area (Å²) in [6, 6.07) is 18.7. The number of rotatable bonds is 6. The smallest absolute Gasteiger partial charge is 0.337 e. The fourth-order valence-corrected chi connectivity index (χ4v) is 4.78. The number of ether oxygens (including phenoxy) is 1. The van der Waals surface area contributed by atoms with Gasteiger partial charge in [0, 0.05) is 19.3 Å². The van der Waals surface area contributed by atoms with Crippen molar-refractivity contribution in [3.05, 3.63) is 88.6 Å². The molecule has 164 valence electrons. The zero-order valence-corrected chi connectivity index (χ0v) is 18.7. The van der Waals surface area contributed by atoms with Crippen molar-refractivity contribution in [1.82, 2.24) is 4.98 Å². The van der Waals surface area contributed by atoms with Crippen LogP contribution >= 0.6 is 0 Å². The predicted molar refractivity (Wildman–Crippen MR) is 127 cm³/mol. The first kappa shape index (κ1) is 20.6. The number of aryl methyl sites for hydroxylation is 2. The van der Waals surface area contributed by atoms with Gasteiger partial charge < -0.3 is 15.0 Å². The van der Waals surface area contributed by atoms with Gasteiger partial charge in [-0.2, -0.15) is 0 Å². The first-order valence-corrected chi connectivity index (χ1v) is 11.3. The second kappa shape index (κ2) is 8.30. The van der Waals surface area contributed by atoms with Crippen LogP contribution in [0.5, 0.6) is 0 Å². The Kier molecular flexibility index (Phi) is 5.33. The van der Waals surface area contributed by atoms with Gasteiger partial charge in [-0.05, 0) is 67.5 Å². The van der Waals surface area contributed by atoms with Crippen LogP contribution in [0.1, 0.15) is 51.9 Å². The Bertz CT molecular complexity index is 1140. The quantitative estimate of drug-likeness (QED) is 0.546. The highest BCUT2D eigenvalue weighted by atomic mass is 16.5. The van der Waals surface area contributed by atoms with Gasteiger partial charge in [-0.3, -0.25) is 0 Å². The molecule has 2 heterocycles. The van der Waals surface area contributed by atoms with Gasteiger partial charge in [0.2, 0.25) is 0 Å². The molecule has 1 fully saturated rings. The number of nitrogens with one attached hydrogen (secondary N) is 1. The van der Waals surface area contributed by atoms with Gasteiger partial charge in [-0.25, -0.2) is 9.78 Å². The van der Waals surface area contributed by atoms with E-state index >= 15 is 0 Å². The van der Waals surface area contributed by atoms with Crippen LogP contribution in [-0.4, -0.2) is 24.6 Å². The molecule has 1 N–H and O–H groups in total. The van der Waals surface area contributed by atoms with Crippen molar-refractivity contribution in [2.75, 3.05) is 23.9 Å². The van der Waals surface area contributed by atoms with E-state index in [1.165, 1.54) is 35.1 Å². The molecule has 2 aromatic carbocycles. The number of carbonyl (C=O) groups excluding carboxylic acids is 1. The molecule has 0 saturated heterocycles. The molecule has 0 radical (unpaired) electrons. The van der Waals surface area contributed by atoms with Gasteiger partial charge >= 0.3 is 5.97 Å². The molecule has 2 aliphatic rings. The minimum atomic E-state index is -0.306. The number of hydrogen-bond acceptors (Lipinski definition) is 5. The number of nitrogens with zero attached hydrogens (tertiary/aromatic N) is 2. The number of esters is 1. The van der Waals surface area contributed by atoms with Crippen molar-refractivity contribution >= 4 is 17.5 Å². The summed E-state index contributed by atoms with van der Waals surface area (Å²) < 4.78 is 4.83. The number of fused-ring (bicyclic) bond motifs is 1. The largest absolute Gasteiger partial charge is 0.465 e. The van der Waals surface area contributed by atoms with Gasteiger partial charge in [0.1, 0.15) is 0 Å². The minimum Gasteiger partial charge on any atom is -0.465 e. The molecule has 0 bridgehead atoms. The second-order valence-electron chi connectivity index (χ2n) is 8.96. The van der Waals surface area contributed by atoms with Crippen molar-refractivity contribution in [3.63, 3.8) is 0 Å².